The first-order valence-electron chi connectivity index (χ1n) is 5.23. The van der Waals surface area contributed by atoms with Crippen molar-refractivity contribution in [1.29, 1.82) is 0 Å². The van der Waals surface area contributed by atoms with Crippen molar-refractivity contribution in [2.45, 2.75) is 19.9 Å². The van der Waals surface area contributed by atoms with Gasteiger partial charge in [-0.1, -0.05) is 12.0 Å². The number of amides is 1. The van der Waals surface area contributed by atoms with E-state index < -0.39 is 0 Å². The van der Waals surface area contributed by atoms with Gasteiger partial charge in [0.2, 0.25) is 11.8 Å². The second-order valence-corrected chi connectivity index (χ2v) is 3.23. The summed E-state index contributed by atoms with van der Waals surface area (Å²) in [7, 11) is 1.79. The van der Waals surface area contributed by atoms with E-state index in [4.69, 9.17) is 4.42 Å². The predicted octanol–water partition coefficient (Wildman–Crippen LogP) is -0.273. The van der Waals surface area contributed by atoms with Crippen LogP contribution in [0.15, 0.2) is 4.42 Å². The molecular weight excluding hydrogens is 210 g/mol. The number of aromatic nitrogens is 2. The highest BCUT2D eigenvalue weighted by atomic mass is 16.4. The fourth-order valence-electron chi connectivity index (χ4n) is 1.03. The summed E-state index contributed by atoms with van der Waals surface area (Å²) in [5.74, 6) is 0.397. The Morgan fingerprint density at radius 2 is 2.25 bits per heavy atom. The minimum atomic E-state index is -0.0878. The Morgan fingerprint density at radius 3 is 2.94 bits per heavy atom. The van der Waals surface area contributed by atoms with E-state index >= 15 is 0 Å². The monoisotopic (exact) mass is 227 g/mol. The molecule has 1 heterocycles. The highest BCUT2D eigenvalue weighted by Crippen LogP contribution is 2.03. The molecule has 1 amide bonds. The third kappa shape index (κ3) is 4.26. The van der Waals surface area contributed by atoms with Gasteiger partial charge in [0.1, 0.15) is 0 Å². The van der Waals surface area contributed by atoms with E-state index in [1.807, 2.05) is 6.92 Å². The lowest BCUT2D eigenvalue weighted by molar-refractivity contribution is -0.119. The molecule has 0 aliphatic carbocycles. The lowest BCUT2D eigenvalue weighted by atomic mass is 10.4. The number of anilines is 1. The first-order valence-corrected chi connectivity index (χ1v) is 5.23. The van der Waals surface area contributed by atoms with Crippen LogP contribution in [0.5, 0.6) is 0 Å². The molecule has 0 radical (unpaired) electrons. The number of hydrogen-bond acceptors (Lipinski definition) is 6. The molecular formula is C9H17N5O2. The number of rotatable bonds is 7. The molecule has 0 spiro atoms. The number of hydrogen-bond donors (Lipinski definition) is 3. The van der Waals surface area contributed by atoms with Gasteiger partial charge in [0, 0.05) is 6.54 Å². The smallest absolute Gasteiger partial charge is 0.315 e. The van der Waals surface area contributed by atoms with Gasteiger partial charge < -0.3 is 20.4 Å². The van der Waals surface area contributed by atoms with Crippen molar-refractivity contribution in [3.05, 3.63) is 5.89 Å². The van der Waals surface area contributed by atoms with Gasteiger partial charge >= 0.3 is 6.01 Å². The zero-order chi connectivity index (χ0) is 11.8. The van der Waals surface area contributed by atoms with Gasteiger partial charge in [0.15, 0.2) is 0 Å². The third-order valence-corrected chi connectivity index (χ3v) is 1.77. The van der Waals surface area contributed by atoms with Crippen molar-refractivity contribution >= 4 is 11.9 Å². The van der Waals surface area contributed by atoms with Crippen LogP contribution in [0.1, 0.15) is 19.2 Å². The van der Waals surface area contributed by atoms with Crippen molar-refractivity contribution in [2.75, 3.05) is 25.5 Å². The Kier molecular flexibility index (Phi) is 5.27. The van der Waals surface area contributed by atoms with Crippen molar-refractivity contribution in [2.24, 2.45) is 0 Å². The second-order valence-electron chi connectivity index (χ2n) is 3.23. The largest absolute Gasteiger partial charge is 0.407 e. The molecule has 0 fully saturated rings. The summed E-state index contributed by atoms with van der Waals surface area (Å²) in [6.45, 7) is 3.32. The quantitative estimate of drug-likeness (QED) is 0.593. The summed E-state index contributed by atoms with van der Waals surface area (Å²) >= 11 is 0. The van der Waals surface area contributed by atoms with Gasteiger partial charge in [0.05, 0.1) is 13.1 Å². The number of carbonyl (C=O) groups excluding carboxylic acids is 1. The fourth-order valence-corrected chi connectivity index (χ4v) is 1.03. The normalized spacial score (nSPS) is 10.1. The summed E-state index contributed by atoms with van der Waals surface area (Å²) in [5.41, 5.74) is 0. The number of nitrogens with zero attached hydrogens (tertiary/aromatic N) is 2. The number of nitrogens with one attached hydrogen (secondary N) is 3. The zero-order valence-electron chi connectivity index (χ0n) is 9.54. The lowest BCUT2D eigenvalue weighted by Crippen LogP contribution is -2.30. The Bertz CT molecular complexity index is 325. The fraction of sp³-hybridized carbons (Fsp3) is 0.667. The maximum Gasteiger partial charge on any atom is 0.315 e. The number of carbonyl (C=O) groups is 1. The predicted molar refractivity (Wildman–Crippen MR) is 58.9 cm³/mol. The maximum atomic E-state index is 11.2. The molecule has 0 aliphatic heterocycles. The summed E-state index contributed by atoms with van der Waals surface area (Å²) < 4.78 is 5.20. The highest BCUT2D eigenvalue weighted by Gasteiger charge is 2.06. The van der Waals surface area contributed by atoms with Crippen LogP contribution >= 0.6 is 0 Å². The average Bonchev–Trinajstić information content (AvgIpc) is 2.72. The zero-order valence-corrected chi connectivity index (χ0v) is 9.54. The third-order valence-electron chi connectivity index (χ3n) is 1.77. The lowest BCUT2D eigenvalue weighted by Gasteiger charge is -2.02. The standard InChI is InChI=1S/C9H17N5O2/c1-3-4-11-7(15)5-12-9-14-13-8(16-9)6-10-2/h10H,3-6H2,1-2H3,(H,11,15)(H,12,14). The van der Waals surface area contributed by atoms with Crippen LogP contribution in [-0.4, -0.2) is 36.2 Å². The van der Waals surface area contributed by atoms with Crippen LogP contribution in [0.2, 0.25) is 0 Å². The van der Waals surface area contributed by atoms with Crippen LogP contribution in [0.25, 0.3) is 0 Å². The van der Waals surface area contributed by atoms with Gasteiger partial charge in [-0.15, -0.1) is 5.10 Å². The molecule has 1 aromatic rings. The Hall–Kier alpha value is -1.63. The first-order chi connectivity index (χ1) is 7.76. The second kappa shape index (κ2) is 6.78. The molecule has 1 aromatic heterocycles. The molecule has 0 aliphatic rings. The average molecular weight is 227 g/mol. The van der Waals surface area contributed by atoms with E-state index in [9.17, 15) is 4.79 Å². The highest BCUT2D eigenvalue weighted by molar-refractivity contribution is 5.79. The van der Waals surface area contributed by atoms with Crippen LogP contribution in [0.4, 0.5) is 6.01 Å². The van der Waals surface area contributed by atoms with Crippen LogP contribution in [-0.2, 0) is 11.3 Å². The van der Waals surface area contributed by atoms with E-state index in [2.05, 4.69) is 26.1 Å². The van der Waals surface area contributed by atoms with E-state index in [1.165, 1.54) is 0 Å². The van der Waals surface area contributed by atoms with E-state index in [-0.39, 0.29) is 18.5 Å². The first kappa shape index (κ1) is 12.4. The molecule has 3 N–H and O–H groups in total. The van der Waals surface area contributed by atoms with Crippen molar-refractivity contribution in [1.82, 2.24) is 20.8 Å². The van der Waals surface area contributed by atoms with Gasteiger partial charge in [0.25, 0.3) is 0 Å². The van der Waals surface area contributed by atoms with Gasteiger partial charge in [-0.2, -0.15) is 0 Å². The molecule has 90 valence electrons. The molecule has 7 heteroatoms. The summed E-state index contributed by atoms with van der Waals surface area (Å²) in [6, 6.07) is 0.261. The van der Waals surface area contributed by atoms with Crippen molar-refractivity contribution in [3.63, 3.8) is 0 Å². The van der Waals surface area contributed by atoms with E-state index in [0.717, 1.165) is 6.42 Å². The Balaban J connectivity index is 2.28. The molecule has 16 heavy (non-hydrogen) atoms. The van der Waals surface area contributed by atoms with Crippen LogP contribution in [0, 0.1) is 0 Å². The van der Waals surface area contributed by atoms with Crippen molar-refractivity contribution in [3.8, 4) is 0 Å². The molecule has 0 atom stereocenters. The summed E-state index contributed by atoms with van der Waals surface area (Å²) in [6.07, 6.45) is 0.915. The summed E-state index contributed by atoms with van der Waals surface area (Å²) in [5, 5.41) is 15.9. The SMILES string of the molecule is CCCNC(=O)CNc1nnc(CNC)o1. The topological polar surface area (TPSA) is 92.1 Å². The van der Waals surface area contributed by atoms with Crippen LogP contribution in [0.3, 0.4) is 0 Å². The molecule has 0 aromatic carbocycles. The molecule has 0 bridgehead atoms. The maximum absolute atomic E-state index is 11.2. The Morgan fingerprint density at radius 1 is 1.44 bits per heavy atom. The van der Waals surface area contributed by atoms with E-state index in [0.29, 0.717) is 19.0 Å². The van der Waals surface area contributed by atoms with Gasteiger partial charge in [-0.3, -0.25) is 4.79 Å². The molecule has 0 saturated carbocycles. The van der Waals surface area contributed by atoms with Gasteiger partial charge in [-0.25, -0.2) is 0 Å². The molecule has 7 nitrogen and oxygen atoms in total. The summed E-state index contributed by atoms with van der Waals surface area (Å²) in [4.78, 5) is 11.2. The Labute approximate surface area is 94.0 Å². The molecule has 1 rings (SSSR count). The van der Waals surface area contributed by atoms with Crippen molar-refractivity contribution < 1.29 is 9.21 Å². The van der Waals surface area contributed by atoms with Crippen LogP contribution < -0.4 is 16.0 Å². The van der Waals surface area contributed by atoms with E-state index in [1.54, 1.807) is 7.05 Å². The minimum absolute atomic E-state index is 0.0878. The minimum Gasteiger partial charge on any atom is -0.407 e. The molecule has 0 unspecified atom stereocenters. The van der Waals surface area contributed by atoms with Gasteiger partial charge in [-0.05, 0) is 13.5 Å². The molecule has 0 saturated heterocycles.